The number of hydrogen-bond acceptors (Lipinski definition) is 3. The van der Waals surface area contributed by atoms with Crippen molar-refractivity contribution in [2.75, 3.05) is 6.54 Å². The average Bonchev–Trinajstić information content (AvgIpc) is 2.80. The average molecular weight is 259 g/mol. The van der Waals surface area contributed by atoms with Crippen LogP contribution >= 0.6 is 0 Å². The Bertz CT molecular complexity index is 659. The number of aliphatic imine (C=N–C) groups is 1. The Hall–Kier alpha value is -2.83. The lowest BCUT2D eigenvalue weighted by Crippen LogP contribution is -2.37. The fraction of sp³-hybridized carbons (Fsp3) is 0.0833. The van der Waals surface area contributed by atoms with Crippen molar-refractivity contribution >= 4 is 28.7 Å². The largest absolute Gasteiger partial charge is 0.370 e. The van der Waals surface area contributed by atoms with Crippen molar-refractivity contribution in [2.45, 2.75) is 0 Å². The zero-order valence-corrected chi connectivity index (χ0v) is 10.0. The molecule has 0 bridgehead atoms. The predicted molar refractivity (Wildman–Crippen MR) is 71.4 cm³/mol. The van der Waals surface area contributed by atoms with Crippen molar-refractivity contribution < 1.29 is 9.59 Å². The highest BCUT2D eigenvalue weighted by molar-refractivity contribution is 6.12. The molecule has 1 aromatic carbocycles. The SMILES string of the molecule is NC(=O)CN=C(N)NC(=O)c1c[nH]c2ccccc12. The lowest BCUT2D eigenvalue weighted by atomic mass is 10.1. The smallest absolute Gasteiger partial charge is 0.260 e. The van der Waals surface area contributed by atoms with Gasteiger partial charge in [-0.15, -0.1) is 0 Å². The van der Waals surface area contributed by atoms with E-state index in [9.17, 15) is 9.59 Å². The number of benzene rings is 1. The first-order valence-electron chi connectivity index (χ1n) is 5.53. The molecule has 1 aromatic heterocycles. The number of nitrogens with two attached hydrogens (primary N) is 2. The van der Waals surface area contributed by atoms with E-state index in [1.807, 2.05) is 24.3 Å². The molecular formula is C12H13N5O2. The van der Waals surface area contributed by atoms with Crippen LogP contribution in [0.25, 0.3) is 10.9 Å². The maximum atomic E-state index is 12.0. The molecule has 0 aliphatic rings. The molecule has 0 aliphatic heterocycles. The number of rotatable bonds is 3. The number of carbonyl (C=O) groups excluding carboxylic acids is 2. The minimum absolute atomic E-state index is 0.144. The number of nitrogens with one attached hydrogen (secondary N) is 2. The van der Waals surface area contributed by atoms with Crippen LogP contribution in [0.2, 0.25) is 0 Å². The second-order valence-corrected chi connectivity index (χ2v) is 3.87. The maximum absolute atomic E-state index is 12.0. The third kappa shape index (κ3) is 2.89. The van der Waals surface area contributed by atoms with Crippen molar-refractivity contribution in [3.8, 4) is 0 Å². The van der Waals surface area contributed by atoms with Crippen LogP contribution in [0.5, 0.6) is 0 Å². The van der Waals surface area contributed by atoms with Crippen molar-refractivity contribution in [1.29, 1.82) is 0 Å². The number of carbonyl (C=O) groups is 2. The number of aromatic amines is 1. The van der Waals surface area contributed by atoms with E-state index in [1.54, 1.807) is 6.20 Å². The van der Waals surface area contributed by atoms with E-state index in [4.69, 9.17) is 11.5 Å². The number of aromatic nitrogens is 1. The van der Waals surface area contributed by atoms with Gasteiger partial charge in [0.05, 0.1) is 5.56 Å². The Morgan fingerprint density at radius 3 is 2.74 bits per heavy atom. The van der Waals surface area contributed by atoms with Gasteiger partial charge in [-0.05, 0) is 6.07 Å². The molecule has 0 radical (unpaired) electrons. The molecule has 7 nitrogen and oxygen atoms in total. The third-order valence-corrected chi connectivity index (χ3v) is 2.48. The fourth-order valence-electron chi connectivity index (χ4n) is 1.65. The number of hydrogen-bond donors (Lipinski definition) is 4. The summed E-state index contributed by atoms with van der Waals surface area (Å²) in [5, 5.41) is 3.17. The van der Waals surface area contributed by atoms with Gasteiger partial charge in [0.25, 0.3) is 5.91 Å². The van der Waals surface area contributed by atoms with E-state index in [1.165, 1.54) is 0 Å². The Labute approximate surface area is 108 Å². The van der Waals surface area contributed by atoms with Crippen LogP contribution in [0.15, 0.2) is 35.5 Å². The van der Waals surface area contributed by atoms with Gasteiger partial charge in [-0.2, -0.15) is 0 Å². The maximum Gasteiger partial charge on any atom is 0.260 e. The highest BCUT2D eigenvalue weighted by atomic mass is 16.2. The number of nitrogens with zero attached hydrogens (tertiary/aromatic N) is 1. The second kappa shape index (κ2) is 5.21. The molecule has 0 aliphatic carbocycles. The predicted octanol–water partition coefficient (Wildman–Crippen LogP) is -0.302. The molecule has 1 heterocycles. The molecule has 98 valence electrons. The van der Waals surface area contributed by atoms with Gasteiger partial charge in [-0.3, -0.25) is 14.9 Å². The summed E-state index contributed by atoms with van der Waals surface area (Å²) in [6.45, 7) is -0.264. The summed E-state index contributed by atoms with van der Waals surface area (Å²) in [5.41, 5.74) is 11.7. The number of primary amides is 1. The number of para-hydroxylation sites is 1. The summed E-state index contributed by atoms with van der Waals surface area (Å²) < 4.78 is 0. The highest BCUT2D eigenvalue weighted by Gasteiger charge is 2.12. The summed E-state index contributed by atoms with van der Waals surface area (Å²) >= 11 is 0. The summed E-state index contributed by atoms with van der Waals surface area (Å²) in [4.78, 5) is 29.1. The molecule has 7 heteroatoms. The van der Waals surface area contributed by atoms with Gasteiger partial charge in [0.15, 0.2) is 5.96 Å². The quantitative estimate of drug-likeness (QED) is 0.446. The van der Waals surface area contributed by atoms with Gasteiger partial charge in [0, 0.05) is 17.1 Å². The molecule has 0 unspecified atom stereocenters. The monoisotopic (exact) mass is 259 g/mol. The molecular weight excluding hydrogens is 246 g/mol. The molecule has 6 N–H and O–H groups in total. The van der Waals surface area contributed by atoms with E-state index in [2.05, 4.69) is 15.3 Å². The molecule has 0 fully saturated rings. The Morgan fingerprint density at radius 2 is 2.00 bits per heavy atom. The molecule has 0 spiro atoms. The van der Waals surface area contributed by atoms with Crippen LogP contribution in [0.3, 0.4) is 0 Å². The van der Waals surface area contributed by atoms with Crippen LogP contribution in [-0.2, 0) is 4.79 Å². The number of fused-ring (bicyclic) bond motifs is 1. The second-order valence-electron chi connectivity index (χ2n) is 3.87. The van der Waals surface area contributed by atoms with Crippen LogP contribution in [0, 0.1) is 0 Å². The van der Waals surface area contributed by atoms with E-state index in [0.29, 0.717) is 5.56 Å². The van der Waals surface area contributed by atoms with E-state index >= 15 is 0 Å². The lowest BCUT2D eigenvalue weighted by molar-refractivity contribution is -0.116. The van der Waals surface area contributed by atoms with E-state index in [-0.39, 0.29) is 12.5 Å². The van der Waals surface area contributed by atoms with Crippen molar-refractivity contribution in [3.05, 3.63) is 36.0 Å². The number of amides is 2. The van der Waals surface area contributed by atoms with E-state index in [0.717, 1.165) is 10.9 Å². The molecule has 2 amide bonds. The number of H-pyrrole nitrogens is 1. The molecule has 0 saturated carbocycles. The zero-order chi connectivity index (χ0) is 13.8. The standard InChI is InChI=1S/C12H13N5O2/c13-10(18)6-16-12(14)17-11(19)8-5-15-9-4-2-1-3-7(8)9/h1-5,15H,6H2,(H2,13,18)(H3,14,16,17,19). The molecule has 2 aromatic rings. The normalized spacial score (nSPS) is 11.5. The van der Waals surface area contributed by atoms with Crippen LogP contribution < -0.4 is 16.8 Å². The van der Waals surface area contributed by atoms with Crippen molar-refractivity contribution in [3.63, 3.8) is 0 Å². The summed E-state index contributed by atoms with van der Waals surface area (Å²) in [6, 6.07) is 7.37. The van der Waals surface area contributed by atoms with Gasteiger partial charge in [-0.25, -0.2) is 4.99 Å². The van der Waals surface area contributed by atoms with Crippen molar-refractivity contribution in [2.24, 2.45) is 16.5 Å². The van der Waals surface area contributed by atoms with Gasteiger partial charge in [-0.1, -0.05) is 18.2 Å². The first-order chi connectivity index (χ1) is 9.08. The van der Waals surface area contributed by atoms with Crippen LogP contribution in [-0.4, -0.2) is 29.3 Å². The minimum Gasteiger partial charge on any atom is -0.370 e. The van der Waals surface area contributed by atoms with Gasteiger partial charge >= 0.3 is 0 Å². The highest BCUT2D eigenvalue weighted by Crippen LogP contribution is 2.17. The van der Waals surface area contributed by atoms with Gasteiger partial charge in [0.1, 0.15) is 6.54 Å². The Morgan fingerprint density at radius 1 is 1.26 bits per heavy atom. The Balaban J connectivity index is 2.16. The minimum atomic E-state index is -0.621. The van der Waals surface area contributed by atoms with Crippen LogP contribution in [0.4, 0.5) is 0 Å². The topological polar surface area (TPSA) is 126 Å². The zero-order valence-electron chi connectivity index (χ0n) is 10.0. The molecule has 0 saturated heterocycles. The van der Waals surface area contributed by atoms with Crippen LogP contribution in [0.1, 0.15) is 10.4 Å². The van der Waals surface area contributed by atoms with E-state index < -0.39 is 11.8 Å². The lowest BCUT2D eigenvalue weighted by Gasteiger charge is -2.02. The number of guanidine groups is 1. The Kier molecular flexibility index (Phi) is 3.46. The first kappa shape index (κ1) is 12.6. The third-order valence-electron chi connectivity index (χ3n) is 2.48. The van der Waals surface area contributed by atoms with Crippen molar-refractivity contribution in [1.82, 2.24) is 10.3 Å². The summed E-state index contributed by atoms with van der Waals surface area (Å²) in [7, 11) is 0. The van der Waals surface area contributed by atoms with Gasteiger partial charge < -0.3 is 16.5 Å². The van der Waals surface area contributed by atoms with Gasteiger partial charge in [0.2, 0.25) is 5.91 Å². The first-order valence-corrected chi connectivity index (χ1v) is 5.53. The summed E-state index contributed by atoms with van der Waals surface area (Å²) in [6.07, 6.45) is 1.58. The molecule has 2 rings (SSSR count). The molecule has 19 heavy (non-hydrogen) atoms. The molecule has 0 atom stereocenters. The fourth-order valence-corrected chi connectivity index (χ4v) is 1.65. The summed E-state index contributed by atoms with van der Waals surface area (Å²) in [5.74, 6) is -1.17.